The highest BCUT2D eigenvalue weighted by molar-refractivity contribution is 6.03. The molecule has 1 unspecified atom stereocenters. The highest BCUT2D eigenvalue weighted by atomic mass is 19.1. The highest BCUT2D eigenvalue weighted by Crippen LogP contribution is 2.34. The number of carbonyl (C=O) groups is 1. The number of nitrogens with zero attached hydrogens (tertiary/aromatic N) is 3. The summed E-state index contributed by atoms with van der Waals surface area (Å²) in [4.78, 5) is 15.6. The van der Waals surface area contributed by atoms with E-state index in [1.807, 2.05) is 37.3 Å². The molecule has 1 atom stereocenters. The number of hydrogen-bond acceptors (Lipinski definition) is 3. The molecule has 0 fully saturated rings. The monoisotopic (exact) mass is 427 g/mol. The Hall–Kier alpha value is -3.31. The summed E-state index contributed by atoms with van der Waals surface area (Å²) >= 11 is 0. The first-order valence-corrected chi connectivity index (χ1v) is 11.1. The third kappa shape index (κ3) is 4.08. The van der Waals surface area contributed by atoms with Crippen LogP contribution in [0.1, 0.15) is 40.3 Å². The van der Waals surface area contributed by atoms with Crippen LogP contribution in [0, 0.1) is 12.7 Å². The zero-order valence-corrected chi connectivity index (χ0v) is 18.2. The van der Waals surface area contributed by atoms with Crippen LogP contribution >= 0.6 is 0 Å². The van der Waals surface area contributed by atoms with Crippen LogP contribution in [0.5, 0.6) is 0 Å². The highest BCUT2D eigenvalue weighted by Gasteiger charge is 2.35. The number of rotatable bonds is 4. The predicted molar refractivity (Wildman–Crippen MR) is 124 cm³/mol. The minimum atomic E-state index is -0.434. The van der Waals surface area contributed by atoms with Gasteiger partial charge in [-0.15, -0.1) is 0 Å². The van der Waals surface area contributed by atoms with Crippen LogP contribution in [0.2, 0.25) is 0 Å². The van der Waals surface area contributed by atoms with Crippen LogP contribution < -0.4 is 0 Å². The molecule has 0 saturated heterocycles. The summed E-state index contributed by atoms with van der Waals surface area (Å²) in [6, 6.07) is 22.7. The molecule has 0 N–H and O–H groups in total. The van der Waals surface area contributed by atoms with Gasteiger partial charge in [-0.25, -0.2) is 9.40 Å². The molecule has 3 aromatic rings. The second-order valence-corrected chi connectivity index (χ2v) is 8.63. The van der Waals surface area contributed by atoms with E-state index < -0.39 is 6.04 Å². The van der Waals surface area contributed by atoms with Gasteiger partial charge in [-0.1, -0.05) is 72.3 Å². The van der Waals surface area contributed by atoms with Crippen LogP contribution in [-0.4, -0.2) is 34.6 Å². The van der Waals surface area contributed by atoms with Crippen molar-refractivity contribution in [1.82, 2.24) is 9.91 Å². The van der Waals surface area contributed by atoms with E-state index in [-0.39, 0.29) is 18.3 Å². The predicted octanol–water partition coefficient (Wildman–Crippen LogP) is 4.87. The van der Waals surface area contributed by atoms with Crippen LogP contribution in [0.3, 0.4) is 0 Å². The van der Waals surface area contributed by atoms with Gasteiger partial charge in [0.05, 0.1) is 18.3 Å². The average Bonchev–Trinajstić information content (AvgIpc) is 3.25. The quantitative estimate of drug-likeness (QED) is 0.596. The lowest BCUT2D eigenvalue weighted by atomic mass is 9.97. The van der Waals surface area contributed by atoms with Gasteiger partial charge in [-0.3, -0.25) is 9.69 Å². The maximum atomic E-state index is 14.7. The Morgan fingerprint density at radius 3 is 2.62 bits per heavy atom. The molecule has 5 heteroatoms. The molecular formula is C27H26FN3O. The van der Waals surface area contributed by atoms with Gasteiger partial charge in [0.15, 0.2) is 0 Å². The molecule has 0 saturated carbocycles. The average molecular weight is 428 g/mol. The summed E-state index contributed by atoms with van der Waals surface area (Å²) in [5.41, 5.74) is 6.05. The molecule has 1 amide bonds. The Morgan fingerprint density at radius 2 is 1.81 bits per heavy atom. The number of amides is 1. The van der Waals surface area contributed by atoms with E-state index in [4.69, 9.17) is 5.10 Å². The fourth-order valence-corrected chi connectivity index (χ4v) is 4.68. The number of halogens is 1. The van der Waals surface area contributed by atoms with Gasteiger partial charge in [0.1, 0.15) is 5.82 Å². The summed E-state index contributed by atoms with van der Waals surface area (Å²) < 4.78 is 14.7. The summed E-state index contributed by atoms with van der Waals surface area (Å²) in [7, 11) is 0. The van der Waals surface area contributed by atoms with E-state index >= 15 is 0 Å². The molecule has 0 aromatic heterocycles. The zero-order chi connectivity index (χ0) is 22.1. The first kappa shape index (κ1) is 20.6. The topological polar surface area (TPSA) is 35.9 Å². The smallest absolute Gasteiger partial charge is 0.257 e. The Morgan fingerprint density at radius 1 is 1.03 bits per heavy atom. The van der Waals surface area contributed by atoms with E-state index in [2.05, 4.69) is 29.2 Å². The summed E-state index contributed by atoms with van der Waals surface area (Å²) in [6.45, 7) is 3.87. The lowest BCUT2D eigenvalue weighted by Gasteiger charge is -2.30. The Bertz CT molecular complexity index is 1190. The number of aryl methyl sites for hydroxylation is 1. The van der Waals surface area contributed by atoms with Crippen LogP contribution in [0.4, 0.5) is 4.39 Å². The maximum Gasteiger partial charge on any atom is 0.257 e. The van der Waals surface area contributed by atoms with Crippen molar-refractivity contribution in [3.05, 3.63) is 106 Å². The van der Waals surface area contributed by atoms with Gasteiger partial charge in [-0.2, -0.15) is 5.10 Å². The number of hydrazone groups is 1. The van der Waals surface area contributed by atoms with Crippen molar-refractivity contribution in [3.8, 4) is 0 Å². The van der Waals surface area contributed by atoms with Crippen molar-refractivity contribution in [3.63, 3.8) is 0 Å². The second kappa shape index (κ2) is 8.67. The van der Waals surface area contributed by atoms with Crippen molar-refractivity contribution >= 4 is 11.6 Å². The Labute approximate surface area is 188 Å². The third-order valence-electron chi connectivity index (χ3n) is 6.35. The second-order valence-electron chi connectivity index (χ2n) is 8.63. The van der Waals surface area contributed by atoms with Crippen LogP contribution in [0.15, 0.2) is 77.9 Å². The molecule has 0 bridgehead atoms. The zero-order valence-electron chi connectivity index (χ0n) is 18.2. The summed E-state index contributed by atoms with van der Waals surface area (Å²) in [5, 5.41) is 6.23. The minimum Gasteiger partial charge on any atom is -0.290 e. The van der Waals surface area contributed by atoms with Gasteiger partial charge >= 0.3 is 0 Å². The van der Waals surface area contributed by atoms with Crippen molar-refractivity contribution in [1.29, 1.82) is 0 Å². The van der Waals surface area contributed by atoms with E-state index in [1.54, 1.807) is 12.1 Å². The fraction of sp³-hybridized carbons (Fsp3) is 0.259. The van der Waals surface area contributed by atoms with Crippen molar-refractivity contribution in [2.24, 2.45) is 5.10 Å². The number of hydrogen-bond donors (Lipinski definition) is 0. The molecule has 162 valence electrons. The lowest BCUT2D eigenvalue weighted by molar-refractivity contribution is -0.134. The summed E-state index contributed by atoms with van der Waals surface area (Å²) in [5.74, 6) is -0.400. The SMILES string of the molecule is Cc1cccc(C2=NN(C(=O)CN3CCc4ccccc4C3)C(c3ccccc3F)C2)c1. The van der Waals surface area contributed by atoms with Gasteiger partial charge in [0.25, 0.3) is 5.91 Å². The molecule has 5 rings (SSSR count). The molecule has 2 aliphatic rings. The van der Waals surface area contributed by atoms with Gasteiger partial charge in [0.2, 0.25) is 0 Å². The van der Waals surface area contributed by atoms with Crippen LogP contribution in [0.25, 0.3) is 0 Å². The van der Waals surface area contributed by atoms with Crippen molar-refractivity contribution < 1.29 is 9.18 Å². The van der Waals surface area contributed by atoms with E-state index in [9.17, 15) is 9.18 Å². The Balaban J connectivity index is 1.41. The minimum absolute atomic E-state index is 0.0970. The first-order valence-electron chi connectivity index (χ1n) is 11.1. The van der Waals surface area contributed by atoms with Gasteiger partial charge in [-0.05, 0) is 36.1 Å². The first-order chi connectivity index (χ1) is 15.6. The number of fused-ring (bicyclic) bond motifs is 1. The molecule has 0 aliphatic carbocycles. The van der Waals surface area contributed by atoms with Gasteiger partial charge < -0.3 is 0 Å². The van der Waals surface area contributed by atoms with Crippen molar-refractivity contribution in [2.45, 2.75) is 32.4 Å². The molecule has 0 radical (unpaired) electrons. The normalized spacial score (nSPS) is 18.4. The maximum absolute atomic E-state index is 14.7. The molecule has 2 aliphatic heterocycles. The molecule has 2 heterocycles. The van der Waals surface area contributed by atoms with Crippen LogP contribution in [-0.2, 0) is 17.8 Å². The third-order valence-corrected chi connectivity index (χ3v) is 6.35. The van der Waals surface area contributed by atoms with E-state index in [0.29, 0.717) is 12.0 Å². The lowest BCUT2D eigenvalue weighted by Crippen LogP contribution is -2.40. The molecule has 32 heavy (non-hydrogen) atoms. The number of carbonyl (C=O) groups excluding carboxylic acids is 1. The van der Waals surface area contributed by atoms with E-state index in [1.165, 1.54) is 22.2 Å². The van der Waals surface area contributed by atoms with Crippen molar-refractivity contribution in [2.75, 3.05) is 13.1 Å². The molecule has 0 spiro atoms. The van der Waals surface area contributed by atoms with Gasteiger partial charge in [0, 0.05) is 25.1 Å². The molecular weight excluding hydrogens is 401 g/mol. The number of benzene rings is 3. The molecule has 4 nitrogen and oxygen atoms in total. The summed E-state index contributed by atoms with van der Waals surface area (Å²) in [6.07, 6.45) is 1.43. The molecule has 3 aromatic carbocycles. The standard InChI is InChI=1S/C27H26FN3O/c1-19-7-6-10-21(15-19)25-16-26(23-11-4-5-12-24(23)28)31(29-25)27(32)18-30-14-13-20-8-2-3-9-22(20)17-30/h2-12,15,26H,13-14,16-18H2,1H3. The largest absolute Gasteiger partial charge is 0.290 e. The van der Waals surface area contributed by atoms with E-state index in [0.717, 1.165) is 36.3 Å². The fourth-order valence-electron chi connectivity index (χ4n) is 4.68. The Kier molecular flexibility index (Phi) is 5.58.